The molecule has 0 radical (unpaired) electrons. The Morgan fingerprint density at radius 1 is 1.02 bits per heavy atom. The summed E-state index contributed by atoms with van der Waals surface area (Å²) >= 11 is 1.37. The van der Waals surface area contributed by atoms with E-state index in [4.69, 9.17) is 14.8 Å². The molecule has 226 valence electrons. The number of carboxylic acid groups (broad SMARTS) is 1. The van der Waals surface area contributed by atoms with Crippen molar-refractivity contribution in [3.63, 3.8) is 0 Å². The molecule has 4 rings (SSSR count). The van der Waals surface area contributed by atoms with Gasteiger partial charge >= 0.3 is 5.97 Å². The average Bonchev–Trinajstić information content (AvgIpc) is 3.61. The Bertz CT molecular complexity index is 1710. The minimum absolute atomic E-state index is 0.0165. The van der Waals surface area contributed by atoms with Gasteiger partial charge in [0.05, 0.1) is 6.54 Å². The van der Waals surface area contributed by atoms with Gasteiger partial charge in [-0.3, -0.25) is 4.57 Å². The maximum absolute atomic E-state index is 11.2. The Balaban J connectivity index is 1.72. The summed E-state index contributed by atoms with van der Waals surface area (Å²) in [6.45, 7) is 11.7. The second-order valence-corrected chi connectivity index (χ2v) is 11.1. The molecule has 2 heterocycles. The summed E-state index contributed by atoms with van der Waals surface area (Å²) in [5.41, 5.74) is 3.60. The fourth-order valence-electron chi connectivity index (χ4n) is 4.45. The van der Waals surface area contributed by atoms with Crippen LogP contribution in [0.25, 0.3) is 11.3 Å². The maximum atomic E-state index is 11.2. The lowest BCUT2D eigenvalue weighted by Crippen LogP contribution is -2.22. The summed E-state index contributed by atoms with van der Waals surface area (Å²) in [6.07, 6.45) is 0.0457. The van der Waals surface area contributed by atoms with Gasteiger partial charge in [0.25, 0.3) is 5.95 Å². The first-order valence-electron chi connectivity index (χ1n) is 14.4. The van der Waals surface area contributed by atoms with Gasteiger partial charge in [-0.1, -0.05) is 49.4 Å². The van der Waals surface area contributed by atoms with Gasteiger partial charge < -0.3 is 14.7 Å². The van der Waals surface area contributed by atoms with E-state index >= 15 is 0 Å². The van der Waals surface area contributed by atoms with E-state index in [0.717, 1.165) is 35.8 Å². The number of imidazole rings is 1. The summed E-state index contributed by atoms with van der Waals surface area (Å²) in [5.74, 6) is -0.0633. The zero-order valence-electron chi connectivity index (χ0n) is 25.4. The zero-order valence-corrected chi connectivity index (χ0v) is 26.2. The largest absolute Gasteiger partial charge is 0.479 e. The molecule has 4 aromatic rings. The van der Waals surface area contributed by atoms with Crippen molar-refractivity contribution in [3.05, 3.63) is 71.0 Å². The van der Waals surface area contributed by atoms with Gasteiger partial charge in [0.2, 0.25) is 0 Å². The number of rotatable bonds is 13. The quantitative estimate of drug-likeness (QED) is 0.153. The molecule has 2 atom stereocenters. The summed E-state index contributed by atoms with van der Waals surface area (Å²) in [4.78, 5) is 22.5. The van der Waals surface area contributed by atoms with Crippen molar-refractivity contribution in [2.75, 3.05) is 18.0 Å². The molecule has 12 heteroatoms. The van der Waals surface area contributed by atoms with Gasteiger partial charge in [-0.25, -0.2) is 9.78 Å². The molecule has 44 heavy (non-hydrogen) atoms. The maximum Gasteiger partial charge on any atom is 0.344 e. The number of ether oxygens (including phenoxy) is 1. The number of carbonyl (C=O) groups is 1. The van der Waals surface area contributed by atoms with E-state index in [2.05, 4.69) is 52.2 Å². The summed E-state index contributed by atoms with van der Waals surface area (Å²) in [5, 5.41) is 39.0. The van der Waals surface area contributed by atoms with Crippen LogP contribution in [0.1, 0.15) is 69.5 Å². The molecule has 2 aromatic heterocycles. The van der Waals surface area contributed by atoms with Crippen LogP contribution < -0.4 is 9.64 Å². The summed E-state index contributed by atoms with van der Waals surface area (Å²) < 4.78 is 7.07. The number of aromatic nitrogens is 3. The van der Waals surface area contributed by atoms with E-state index < -0.39 is 12.1 Å². The van der Waals surface area contributed by atoms with Crippen molar-refractivity contribution < 1.29 is 14.6 Å². The second-order valence-electron chi connectivity index (χ2n) is 10.1. The SMILES string of the molecule is CCC(C)c1ccc(Cn2c(/N=N/c3sc(N(CC)CC)nc3-c3ccc(OC(C)C(=O)O)cc3)nc(C#N)c2C#N)cc1. The van der Waals surface area contributed by atoms with Crippen molar-refractivity contribution in [2.24, 2.45) is 10.2 Å². The molecule has 0 aliphatic carbocycles. The molecular weight excluding hydrogens is 576 g/mol. The molecule has 0 spiro atoms. The molecule has 0 aliphatic rings. The lowest BCUT2D eigenvalue weighted by Gasteiger charge is -2.16. The predicted molar refractivity (Wildman–Crippen MR) is 169 cm³/mol. The van der Waals surface area contributed by atoms with Crippen LogP contribution in [0, 0.1) is 22.7 Å². The molecule has 1 N–H and O–H groups in total. The van der Waals surface area contributed by atoms with Crippen LogP contribution in [0.5, 0.6) is 5.75 Å². The molecule has 0 aliphatic heterocycles. The van der Waals surface area contributed by atoms with Crippen LogP contribution in [0.2, 0.25) is 0 Å². The first-order chi connectivity index (χ1) is 21.2. The van der Waals surface area contributed by atoms with Crippen LogP contribution in [0.15, 0.2) is 58.8 Å². The molecule has 11 nitrogen and oxygen atoms in total. The third kappa shape index (κ3) is 7.10. The van der Waals surface area contributed by atoms with Crippen molar-refractivity contribution in [1.29, 1.82) is 10.5 Å². The minimum Gasteiger partial charge on any atom is -0.479 e. The van der Waals surface area contributed by atoms with Crippen LogP contribution in [-0.2, 0) is 11.3 Å². The van der Waals surface area contributed by atoms with Gasteiger partial charge in [-0.15, -0.1) is 10.2 Å². The number of anilines is 1. The number of carboxylic acids is 1. The number of nitrogens with zero attached hydrogens (tertiary/aromatic N) is 8. The highest BCUT2D eigenvalue weighted by atomic mass is 32.1. The molecule has 0 bridgehead atoms. The van der Waals surface area contributed by atoms with E-state index in [9.17, 15) is 15.3 Å². The molecule has 2 aromatic carbocycles. The lowest BCUT2D eigenvalue weighted by molar-refractivity contribution is -0.144. The van der Waals surface area contributed by atoms with E-state index in [1.54, 1.807) is 28.8 Å². The van der Waals surface area contributed by atoms with Crippen molar-refractivity contribution in [3.8, 4) is 29.1 Å². The fourth-order valence-corrected chi connectivity index (χ4v) is 5.49. The lowest BCUT2D eigenvalue weighted by atomic mass is 9.98. The number of hydrogen-bond donors (Lipinski definition) is 1. The number of nitriles is 2. The van der Waals surface area contributed by atoms with Crippen LogP contribution in [0.4, 0.5) is 16.1 Å². The van der Waals surface area contributed by atoms with E-state index in [1.165, 1.54) is 23.8 Å². The van der Waals surface area contributed by atoms with E-state index in [0.29, 0.717) is 28.9 Å². The van der Waals surface area contributed by atoms with Crippen LogP contribution in [0.3, 0.4) is 0 Å². The average molecular weight is 611 g/mol. The first-order valence-corrected chi connectivity index (χ1v) is 15.2. The topological polar surface area (TPSA) is 153 Å². The molecule has 0 fully saturated rings. The highest BCUT2D eigenvalue weighted by molar-refractivity contribution is 7.19. The van der Waals surface area contributed by atoms with Gasteiger partial charge in [0.1, 0.15) is 23.6 Å². The summed E-state index contributed by atoms with van der Waals surface area (Å²) in [6, 6.07) is 19.2. The highest BCUT2D eigenvalue weighted by Gasteiger charge is 2.20. The molecule has 0 saturated carbocycles. The zero-order chi connectivity index (χ0) is 31.8. The van der Waals surface area contributed by atoms with Gasteiger partial charge in [-0.2, -0.15) is 15.5 Å². The minimum atomic E-state index is -1.05. The first kappa shape index (κ1) is 31.9. The monoisotopic (exact) mass is 610 g/mol. The Hall–Kier alpha value is -5.07. The van der Waals surface area contributed by atoms with E-state index in [-0.39, 0.29) is 17.3 Å². The number of aliphatic carboxylic acids is 1. The molecular formula is C32H34N8O3S. The normalized spacial score (nSPS) is 12.4. The van der Waals surface area contributed by atoms with Gasteiger partial charge in [-0.05, 0) is 68.5 Å². The van der Waals surface area contributed by atoms with Crippen LogP contribution >= 0.6 is 11.3 Å². The highest BCUT2D eigenvalue weighted by Crippen LogP contribution is 2.41. The fraction of sp³-hybridized carbons (Fsp3) is 0.344. The van der Waals surface area contributed by atoms with Crippen molar-refractivity contribution >= 4 is 33.4 Å². The van der Waals surface area contributed by atoms with Crippen molar-refractivity contribution in [2.45, 2.75) is 59.6 Å². The number of azo groups is 1. The Morgan fingerprint density at radius 3 is 2.27 bits per heavy atom. The van der Waals surface area contributed by atoms with E-state index in [1.807, 2.05) is 32.0 Å². The third-order valence-corrected chi connectivity index (χ3v) is 8.31. The standard InChI is InChI=1S/C32H34N8O3S/c1-6-20(4)23-11-9-22(10-12-23)19-40-27(18-34)26(17-33)35-31(40)38-37-29-28(36-32(44-29)39(7-2)8-3)24-13-15-25(16-14-24)43-21(5)30(41)42/h9-16,20-21H,6-8,19H2,1-5H3,(H,41,42)/b38-37+. The summed E-state index contributed by atoms with van der Waals surface area (Å²) in [7, 11) is 0. The number of benzene rings is 2. The molecule has 0 amide bonds. The Kier molecular flexibility index (Phi) is 10.4. The van der Waals surface area contributed by atoms with Crippen molar-refractivity contribution in [1.82, 2.24) is 14.5 Å². The number of hydrogen-bond acceptors (Lipinski definition) is 10. The van der Waals surface area contributed by atoms with Gasteiger partial charge in [0, 0.05) is 18.7 Å². The molecule has 0 saturated heterocycles. The smallest absolute Gasteiger partial charge is 0.344 e. The second kappa shape index (κ2) is 14.4. The number of thiazole rings is 1. The van der Waals surface area contributed by atoms with Gasteiger partial charge in [0.15, 0.2) is 27.6 Å². The third-order valence-electron chi connectivity index (χ3n) is 7.31. The Labute approximate surface area is 260 Å². The molecule has 2 unspecified atom stereocenters. The Morgan fingerprint density at radius 2 is 1.70 bits per heavy atom. The van der Waals surface area contributed by atoms with Crippen LogP contribution in [-0.4, -0.2) is 44.8 Å². The predicted octanol–water partition coefficient (Wildman–Crippen LogP) is 7.43.